The number of benzene rings is 2. The van der Waals surface area contributed by atoms with Crippen molar-refractivity contribution in [3.05, 3.63) is 71.8 Å². The predicted octanol–water partition coefficient (Wildman–Crippen LogP) is 2.61. The summed E-state index contributed by atoms with van der Waals surface area (Å²) < 4.78 is 0. The molecule has 0 bridgehead atoms. The maximum absolute atomic E-state index is 15.0. The van der Waals surface area contributed by atoms with Crippen LogP contribution in [0.3, 0.4) is 0 Å². The quantitative estimate of drug-likeness (QED) is 0.0480. The molecule has 370 valence electrons. The molecule has 9 N–H and O–H groups in total. The Balaban J connectivity index is 1.76. The van der Waals surface area contributed by atoms with Crippen molar-refractivity contribution in [1.29, 1.82) is 0 Å². The standard InChI is InChI=1S/C48H64N6O13S/c1-28(55)49-36(26-39(58)59)45(63)52-35(25-30-16-8-3-9-17-30)46(64)54-41(40(31-18-10-4-11-19-31)32-20-12-5-13-21-32)47(65)50-33(22-23-38(56)57)43(61)51-34(24-29-14-6-2-7-15-29)44(62)53-37(27-68)42(60)48(66)67/h4-5,10-13,18-21,29-30,33-37,40-41,68H,2-3,6-9,14-17,22-27H2,1H3,(H,49,55)(H,50,65)(H,51,61)(H,52,63)(H,53,62)(H,54,64)(H,56,57)(H,58,59)(H,66,67)/t33-,34-,35-,36-,37-,41-/m0/s1. The fraction of sp³-hybridized carbons (Fsp3) is 0.542. The van der Waals surface area contributed by atoms with Crippen LogP contribution in [-0.4, -0.2) is 116 Å². The van der Waals surface area contributed by atoms with Gasteiger partial charge in [-0.1, -0.05) is 125 Å². The molecule has 0 radical (unpaired) electrons. The number of hydrogen-bond acceptors (Lipinski definition) is 11. The monoisotopic (exact) mass is 964 g/mol. The maximum Gasteiger partial charge on any atom is 0.374 e. The van der Waals surface area contributed by atoms with Gasteiger partial charge in [0.05, 0.1) is 6.42 Å². The molecular formula is C48H64N6O13S. The zero-order valence-corrected chi connectivity index (χ0v) is 39.0. The molecular weight excluding hydrogens is 901 g/mol. The van der Waals surface area contributed by atoms with E-state index in [1.807, 2.05) is 0 Å². The molecule has 2 aromatic rings. The lowest BCUT2D eigenvalue weighted by Crippen LogP contribution is -2.61. The number of nitrogens with one attached hydrogen (secondary N) is 6. The fourth-order valence-corrected chi connectivity index (χ4v) is 9.27. The van der Waals surface area contributed by atoms with Crippen molar-refractivity contribution in [2.75, 3.05) is 5.75 Å². The van der Waals surface area contributed by atoms with E-state index < -0.39 is 121 Å². The van der Waals surface area contributed by atoms with Gasteiger partial charge in [0.1, 0.15) is 36.3 Å². The van der Waals surface area contributed by atoms with E-state index in [0.717, 1.165) is 71.1 Å². The molecule has 2 aliphatic rings. The lowest BCUT2D eigenvalue weighted by atomic mass is 9.83. The number of amides is 6. The van der Waals surface area contributed by atoms with Crippen LogP contribution in [-0.2, 0) is 47.9 Å². The van der Waals surface area contributed by atoms with Gasteiger partial charge in [0.2, 0.25) is 35.4 Å². The Hall–Kier alpha value is -6.31. The van der Waals surface area contributed by atoms with Crippen LogP contribution < -0.4 is 31.9 Å². The smallest absolute Gasteiger partial charge is 0.374 e. The van der Waals surface area contributed by atoms with Gasteiger partial charge in [-0.15, -0.1) is 0 Å². The van der Waals surface area contributed by atoms with Crippen LogP contribution >= 0.6 is 12.6 Å². The highest BCUT2D eigenvalue weighted by Gasteiger charge is 2.39. The maximum atomic E-state index is 15.0. The lowest BCUT2D eigenvalue weighted by molar-refractivity contribution is -0.150. The summed E-state index contributed by atoms with van der Waals surface area (Å²) in [5.41, 5.74) is 1.09. The molecule has 68 heavy (non-hydrogen) atoms. The van der Waals surface area contributed by atoms with Crippen molar-refractivity contribution >= 4 is 71.8 Å². The Morgan fingerprint density at radius 3 is 1.38 bits per heavy atom. The van der Waals surface area contributed by atoms with Crippen molar-refractivity contribution in [1.82, 2.24) is 31.9 Å². The first-order valence-electron chi connectivity index (χ1n) is 23.2. The molecule has 0 aromatic heterocycles. The largest absolute Gasteiger partial charge is 0.481 e. The van der Waals surface area contributed by atoms with Gasteiger partial charge >= 0.3 is 17.9 Å². The van der Waals surface area contributed by atoms with Crippen molar-refractivity contribution in [2.45, 2.75) is 145 Å². The van der Waals surface area contributed by atoms with Crippen LogP contribution in [0.1, 0.15) is 120 Å². The van der Waals surface area contributed by atoms with Crippen LogP contribution in [0.15, 0.2) is 60.7 Å². The SMILES string of the molecule is CC(=O)N[C@@H](CC(=O)O)C(=O)N[C@@H](CC1CCCCC1)C(=O)N[C@H](C(=O)N[C@@H](CCC(=O)O)C(=O)N[C@@H](CC1CCCCC1)C(=O)N[C@@H](CS)C(=O)C(=O)O)C(c1ccccc1)c1ccccc1. The summed E-state index contributed by atoms with van der Waals surface area (Å²) in [5.74, 6) is -12.5. The van der Waals surface area contributed by atoms with E-state index in [4.69, 9.17) is 0 Å². The number of aliphatic carboxylic acids is 3. The average molecular weight is 965 g/mol. The molecule has 19 nitrogen and oxygen atoms in total. The highest BCUT2D eigenvalue weighted by molar-refractivity contribution is 7.80. The molecule has 2 saturated carbocycles. The number of carboxylic acid groups (broad SMARTS) is 3. The Morgan fingerprint density at radius 2 is 0.956 bits per heavy atom. The van der Waals surface area contributed by atoms with E-state index in [2.05, 4.69) is 44.5 Å². The molecule has 4 rings (SSSR count). The van der Waals surface area contributed by atoms with E-state index in [0.29, 0.717) is 11.1 Å². The highest BCUT2D eigenvalue weighted by Crippen LogP contribution is 2.31. The van der Waals surface area contributed by atoms with Gasteiger partial charge in [0.25, 0.3) is 5.78 Å². The molecule has 0 spiro atoms. The van der Waals surface area contributed by atoms with Gasteiger partial charge in [0.15, 0.2) is 0 Å². The first-order valence-corrected chi connectivity index (χ1v) is 23.8. The van der Waals surface area contributed by atoms with Gasteiger partial charge in [-0.05, 0) is 42.2 Å². The van der Waals surface area contributed by atoms with E-state index >= 15 is 4.79 Å². The summed E-state index contributed by atoms with van der Waals surface area (Å²) in [4.78, 5) is 131. The molecule has 0 saturated heterocycles. The van der Waals surface area contributed by atoms with Crippen LogP contribution in [0.4, 0.5) is 0 Å². The Kier molecular flexibility index (Phi) is 22.0. The Morgan fingerprint density at radius 1 is 0.529 bits per heavy atom. The van der Waals surface area contributed by atoms with E-state index in [9.17, 15) is 58.5 Å². The average Bonchev–Trinajstić information content (AvgIpc) is 3.31. The summed E-state index contributed by atoms with van der Waals surface area (Å²) in [6.45, 7) is 1.12. The Labute approximate surface area is 400 Å². The normalized spacial score (nSPS) is 16.9. The molecule has 0 aliphatic heterocycles. The molecule has 2 fully saturated rings. The summed E-state index contributed by atoms with van der Waals surface area (Å²) in [6.07, 6.45) is 6.64. The third kappa shape index (κ3) is 17.4. The molecule has 0 unspecified atom stereocenters. The number of Topliss-reactive ketones (excluding diaryl/α,β-unsaturated/α-hetero) is 1. The van der Waals surface area contributed by atoms with Crippen LogP contribution in [0, 0.1) is 11.8 Å². The molecule has 2 aliphatic carbocycles. The summed E-state index contributed by atoms with van der Waals surface area (Å²) in [5, 5.41) is 44.1. The highest BCUT2D eigenvalue weighted by atomic mass is 32.1. The molecule has 0 heterocycles. The zero-order chi connectivity index (χ0) is 49.8. The minimum Gasteiger partial charge on any atom is -0.481 e. The fourth-order valence-electron chi connectivity index (χ4n) is 9.02. The molecule has 6 amide bonds. The van der Waals surface area contributed by atoms with Crippen molar-refractivity contribution < 1.29 is 63.3 Å². The number of ketones is 1. The van der Waals surface area contributed by atoms with Gasteiger partial charge in [0, 0.05) is 25.0 Å². The Bertz CT molecular complexity index is 2030. The molecule has 20 heteroatoms. The van der Waals surface area contributed by atoms with E-state index in [1.54, 1.807) is 60.7 Å². The number of carbonyl (C=O) groups excluding carboxylic acids is 7. The van der Waals surface area contributed by atoms with Crippen molar-refractivity contribution in [3.63, 3.8) is 0 Å². The first-order chi connectivity index (χ1) is 32.5. The number of hydrogen-bond donors (Lipinski definition) is 10. The number of thiol groups is 1. The molecule has 6 atom stereocenters. The number of carboxylic acids is 3. The third-order valence-corrected chi connectivity index (χ3v) is 12.8. The van der Waals surface area contributed by atoms with Gasteiger partial charge in [-0.2, -0.15) is 12.6 Å². The second-order valence-electron chi connectivity index (χ2n) is 17.6. The van der Waals surface area contributed by atoms with Gasteiger partial charge < -0.3 is 47.2 Å². The first kappa shape index (κ1) is 54.3. The minimum atomic E-state index is -1.80. The summed E-state index contributed by atoms with van der Waals surface area (Å²) in [7, 11) is 0. The van der Waals surface area contributed by atoms with Crippen LogP contribution in [0.25, 0.3) is 0 Å². The zero-order valence-electron chi connectivity index (χ0n) is 38.2. The van der Waals surface area contributed by atoms with E-state index in [-0.39, 0.29) is 30.4 Å². The van der Waals surface area contributed by atoms with Crippen molar-refractivity contribution in [2.24, 2.45) is 11.8 Å². The number of rotatable bonds is 26. The second kappa shape index (κ2) is 27.5. The predicted molar refractivity (Wildman–Crippen MR) is 250 cm³/mol. The van der Waals surface area contributed by atoms with Crippen LogP contribution in [0.2, 0.25) is 0 Å². The molecule has 2 aromatic carbocycles. The van der Waals surface area contributed by atoms with E-state index in [1.165, 1.54) is 0 Å². The van der Waals surface area contributed by atoms with Gasteiger partial charge in [-0.3, -0.25) is 43.2 Å². The summed E-state index contributed by atoms with van der Waals surface area (Å²) in [6, 6.07) is 8.36. The third-order valence-electron chi connectivity index (χ3n) is 12.5. The van der Waals surface area contributed by atoms with Gasteiger partial charge in [-0.25, -0.2) is 4.79 Å². The van der Waals surface area contributed by atoms with Crippen LogP contribution in [0.5, 0.6) is 0 Å². The summed E-state index contributed by atoms with van der Waals surface area (Å²) >= 11 is 4.04. The second-order valence-corrected chi connectivity index (χ2v) is 18.0. The lowest BCUT2D eigenvalue weighted by Gasteiger charge is -2.33. The number of carbonyl (C=O) groups is 10. The minimum absolute atomic E-state index is 0.0436. The topological polar surface area (TPSA) is 304 Å². The van der Waals surface area contributed by atoms with Crippen molar-refractivity contribution in [3.8, 4) is 0 Å².